The molecule has 14 nitrogen and oxygen atoms in total. The number of halogens is 2. The van der Waals surface area contributed by atoms with Gasteiger partial charge in [0, 0.05) is 50.5 Å². The van der Waals surface area contributed by atoms with Gasteiger partial charge >= 0.3 is 23.9 Å². The summed E-state index contributed by atoms with van der Waals surface area (Å²) < 4.78 is 46.8. The Balaban J connectivity index is 0. The molecule has 0 heterocycles. The van der Waals surface area contributed by atoms with Gasteiger partial charge in [-0.25, -0.2) is 18.8 Å². The summed E-state index contributed by atoms with van der Waals surface area (Å²) in [6.45, 7) is 11.2. The molecule has 0 radical (unpaired) electrons. The molecule has 16 heteroatoms. The maximum absolute atomic E-state index is 14.0. The van der Waals surface area contributed by atoms with Crippen LogP contribution in [0.25, 0.3) is 0 Å². The third kappa shape index (κ3) is 50.3. The first-order chi connectivity index (χ1) is 40.5. The molecule has 0 saturated carbocycles. The normalized spacial score (nSPS) is 12.7. The van der Waals surface area contributed by atoms with Gasteiger partial charge in [-0.2, -0.15) is 4.39 Å². The fourth-order valence-electron chi connectivity index (χ4n) is 10.4. The second kappa shape index (κ2) is 59.4. The number of ether oxygens (including phenoxy) is 4. The molecule has 0 rings (SSSR count). The molecular formula is C68H126F2N4O10. The lowest BCUT2D eigenvalue weighted by Crippen LogP contribution is -2.41. The van der Waals surface area contributed by atoms with Crippen molar-refractivity contribution in [2.24, 2.45) is 0 Å². The second-order valence-electron chi connectivity index (χ2n) is 23.4. The maximum atomic E-state index is 14.0. The Hall–Kier alpha value is -3.92. The number of alkyl halides is 1. The van der Waals surface area contributed by atoms with Gasteiger partial charge in [0.15, 0.2) is 6.17 Å². The Morgan fingerprint density at radius 1 is 0.440 bits per heavy atom. The highest BCUT2D eigenvalue weighted by molar-refractivity contribution is 5.85. The summed E-state index contributed by atoms with van der Waals surface area (Å²) in [6.07, 6.45) is 41.1. The van der Waals surface area contributed by atoms with Crippen LogP contribution in [0.4, 0.5) is 8.78 Å². The number of esters is 4. The van der Waals surface area contributed by atoms with Gasteiger partial charge < -0.3 is 38.5 Å². The molecule has 0 aliphatic carbocycles. The monoisotopic (exact) mass is 1200 g/mol. The third-order valence-electron chi connectivity index (χ3n) is 15.4. The second-order valence-corrected chi connectivity index (χ2v) is 23.4. The van der Waals surface area contributed by atoms with Crippen molar-refractivity contribution < 1.29 is 56.5 Å². The Bertz CT molecular complexity index is 1680. The summed E-state index contributed by atoms with van der Waals surface area (Å²) in [6, 6.07) is 0.388. The highest BCUT2D eigenvalue weighted by atomic mass is 19.1. The summed E-state index contributed by atoms with van der Waals surface area (Å²) in [5, 5.41) is 0. The zero-order valence-corrected chi connectivity index (χ0v) is 55.4. The predicted octanol–water partition coefficient (Wildman–Crippen LogP) is 16.0. The molecule has 0 aliphatic heterocycles. The average molecular weight is 1200 g/mol. The third-order valence-corrected chi connectivity index (χ3v) is 15.4. The molecule has 2 amide bonds. The molecule has 0 spiro atoms. The van der Waals surface area contributed by atoms with E-state index in [0.717, 1.165) is 129 Å². The number of hydrogen-bond donors (Lipinski definition) is 0. The van der Waals surface area contributed by atoms with Gasteiger partial charge in [0.25, 0.3) is 0 Å². The van der Waals surface area contributed by atoms with Crippen LogP contribution in [-0.4, -0.2) is 155 Å². The van der Waals surface area contributed by atoms with Gasteiger partial charge in [-0.3, -0.25) is 14.4 Å². The number of amides is 2. The Kier molecular flexibility index (Phi) is 58.1. The fraction of sp³-hybridized carbons (Fsp3) is 0.853. The molecule has 0 fully saturated rings. The molecule has 3 atom stereocenters. The molecule has 0 aromatic rings. The van der Waals surface area contributed by atoms with E-state index in [1.54, 1.807) is 13.8 Å². The first kappa shape index (κ1) is 82.1. The van der Waals surface area contributed by atoms with Gasteiger partial charge in [-0.1, -0.05) is 155 Å². The van der Waals surface area contributed by atoms with Crippen molar-refractivity contribution in [3.05, 3.63) is 24.1 Å². The predicted molar refractivity (Wildman–Crippen MR) is 340 cm³/mol. The first-order valence-corrected chi connectivity index (χ1v) is 33.6. The largest absolute Gasteiger partial charge is 0.469 e. The Labute approximate surface area is 512 Å². The van der Waals surface area contributed by atoms with E-state index >= 15 is 0 Å². The van der Waals surface area contributed by atoms with Crippen molar-refractivity contribution in [1.82, 2.24) is 19.6 Å². The van der Waals surface area contributed by atoms with E-state index < -0.39 is 23.9 Å². The molecule has 0 N–H and O–H groups in total. The summed E-state index contributed by atoms with van der Waals surface area (Å²) in [5.41, 5.74) is 0. The van der Waals surface area contributed by atoms with Gasteiger partial charge in [0.05, 0.1) is 27.4 Å². The van der Waals surface area contributed by atoms with E-state index in [9.17, 15) is 37.5 Å². The Morgan fingerprint density at radius 2 is 0.845 bits per heavy atom. The quantitative estimate of drug-likeness (QED) is 0.0247. The standard InChI is InChI=1S/2C34H63FN2O5/c2*1-6-8-9-10-11-12-13-17-23-30(24-18-14-15-20-27-33(39)41-5)37(32(38)26-22-28-36(3)4)29-21-16-19-25-31(35)34(40)42-7-2/h25,30H,6-24,26-29H2,1-5H3;20,27,30-31H,6-19,21-26,28-29H2,1-5H3. The summed E-state index contributed by atoms with van der Waals surface area (Å²) in [5.74, 6) is -2.60. The summed E-state index contributed by atoms with van der Waals surface area (Å²) in [7, 11) is 10.9. The SMILES string of the molecule is CCCCCCCCCCC(CCCCC=CC(=O)OC)N(CCCCCC(F)C(=O)OCC)C(=O)CCCN(C)C.CCCCCCCCCCC(CCCCCCC(=O)OC)N(CCCCC=C(F)C(=O)OCC)C(=O)CCCN(C)C. The number of carbonyl (C=O) groups excluding carboxylic acids is 6. The minimum atomic E-state index is -1.57. The number of nitrogens with zero attached hydrogens (tertiary/aromatic N) is 4. The van der Waals surface area contributed by atoms with Crippen molar-refractivity contribution >= 4 is 35.7 Å². The molecule has 0 saturated heterocycles. The van der Waals surface area contributed by atoms with E-state index in [1.807, 2.05) is 34.3 Å². The minimum Gasteiger partial charge on any atom is -0.469 e. The van der Waals surface area contributed by atoms with Crippen LogP contribution >= 0.6 is 0 Å². The van der Waals surface area contributed by atoms with E-state index in [4.69, 9.17) is 14.2 Å². The molecule has 0 aliphatic rings. The lowest BCUT2D eigenvalue weighted by atomic mass is 9.97. The number of allylic oxidation sites excluding steroid dienone is 2. The van der Waals surface area contributed by atoms with Gasteiger partial charge in [-0.15, -0.1) is 0 Å². The zero-order valence-electron chi connectivity index (χ0n) is 55.4. The van der Waals surface area contributed by atoms with Gasteiger partial charge in [0.1, 0.15) is 0 Å². The highest BCUT2D eigenvalue weighted by Gasteiger charge is 2.25. The lowest BCUT2D eigenvalue weighted by Gasteiger charge is -2.33. The number of rotatable bonds is 56. The Morgan fingerprint density at radius 3 is 1.29 bits per heavy atom. The molecule has 0 aromatic carbocycles. The molecular weight excluding hydrogens is 1070 g/mol. The molecule has 0 bridgehead atoms. The van der Waals surface area contributed by atoms with Crippen molar-refractivity contribution in [1.29, 1.82) is 0 Å². The lowest BCUT2D eigenvalue weighted by molar-refractivity contribution is -0.149. The average Bonchev–Trinajstić information content (AvgIpc) is 3.54. The van der Waals surface area contributed by atoms with E-state index in [0.29, 0.717) is 51.6 Å². The van der Waals surface area contributed by atoms with Crippen molar-refractivity contribution in [2.75, 3.05) is 81.8 Å². The van der Waals surface area contributed by atoms with Crippen LogP contribution in [0, 0.1) is 0 Å². The smallest absolute Gasteiger partial charge is 0.366 e. The summed E-state index contributed by atoms with van der Waals surface area (Å²) in [4.78, 5) is 81.3. The van der Waals surface area contributed by atoms with Gasteiger partial charge in [-0.05, 0) is 158 Å². The van der Waals surface area contributed by atoms with Crippen LogP contribution in [-0.2, 0) is 47.7 Å². The maximum Gasteiger partial charge on any atom is 0.366 e. The summed E-state index contributed by atoms with van der Waals surface area (Å²) >= 11 is 0. The van der Waals surface area contributed by atoms with Crippen LogP contribution in [0.5, 0.6) is 0 Å². The molecule has 84 heavy (non-hydrogen) atoms. The number of methoxy groups -OCH3 is 2. The van der Waals surface area contributed by atoms with Crippen LogP contribution in [0.1, 0.15) is 278 Å². The number of hydrogen-bond acceptors (Lipinski definition) is 12. The first-order valence-electron chi connectivity index (χ1n) is 33.6. The van der Waals surface area contributed by atoms with Gasteiger partial charge in [0.2, 0.25) is 17.6 Å². The highest BCUT2D eigenvalue weighted by Crippen LogP contribution is 2.24. The van der Waals surface area contributed by atoms with Crippen molar-refractivity contribution in [2.45, 2.75) is 296 Å². The van der Waals surface area contributed by atoms with E-state index in [1.165, 1.54) is 116 Å². The zero-order chi connectivity index (χ0) is 62.9. The van der Waals surface area contributed by atoms with E-state index in [2.05, 4.69) is 38.2 Å². The van der Waals surface area contributed by atoms with Crippen LogP contribution in [0.15, 0.2) is 24.1 Å². The molecule has 492 valence electrons. The molecule has 0 aromatic heterocycles. The topological polar surface area (TPSA) is 152 Å². The number of unbranched alkanes of at least 4 members (excludes halogenated alkanes) is 23. The molecule has 3 unspecified atom stereocenters. The number of carbonyl (C=O) groups is 6. The van der Waals surface area contributed by atoms with Crippen molar-refractivity contribution in [3.63, 3.8) is 0 Å². The van der Waals surface area contributed by atoms with Crippen LogP contribution in [0.3, 0.4) is 0 Å². The van der Waals surface area contributed by atoms with Crippen LogP contribution in [0.2, 0.25) is 0 Å². The van der Waals surface area contributed by atoms with E-state index in [-0.39, 0.29) is 55.5 Å². The minimum absolute atomic E-state index is 0.149. The van der Waals surface area contributed by atoms with Crippen molar-refractivity contribution in [3.8, 4) is 0 Å². The van der Waals surface area contributed by atoms with Crippen LogP contribution < -0.4 is 0 Å². The fourth-order valence-corrected chi connectivity index (χ4v) is 10.4.